The van der Waals surface area contributed by atoms with Gasteiger partial charge in [0.1, 0.15) is 12.4 Å². The molecule has 3 aliphatic rings. The highest BCUT2D eigenvalue weighted by atomic mass is 35.5. The summed E-state index contributed by atoms with van der Waals surface area (Å²) >= 11 is 6.31. The quantitative estimate of drug-likeness (QED) is 0.368. The SMILES string of the molecule is CC(C)[C@@H]1[C@@H](C)C/C=C/[C@H](O)CC2(CC2)CN2CCCCc3cc(Cl)ccc3COc3ccc(cc32)C(=O)NS1(=O)=O. The number of hydrogen-bond acceptors (Lipinski definition) is 6. The van der Waals surface area contributed by atoms with E-state index in [0.29, 0.717) is 30.2 Å². The topological polar surface area (TPSA) is 95.9 Å². The zero-order valence-electron chi connectivity index (χ0n) is 24.8. The molecule has 1 saturated carbocycles. The number of hydrogen-bond donors (Lipinski definition) is 2. The van der Waals surface area contributed by atoms with Crippen LogP contribution in [0.1, 0.15) is 80.8 Å². The first-order valence-electron chi connectivity index (χ1n) is 15.2. The lowest BCUT2D eigenvalue weighted by atomic mass is 9.93. The standard InChI is InChI=1S/C33H43ClN2O5S/c1-22(2)31-23(3)7-6-9-28(37)19-33(14-15-33)21-36-16-5-4-8-24-17-27(34)12-10-26(24)20-41-30-13-11-25(18-29(30)36)32(38)35-42(31,39)40/h6,9-13,17-18,22-23,28,31,37H,4-5,7-8,14-16,19-21H2,1-3H3,(H,35,38)/b9-6+/t23-,28-,31+/m0/s1. The van der Waals surface area contributed by atoms with Gasteiger partial charge in [0.15, 0.2) is 0 Å². The van der Waals surface area contributed by atoms with Crippen LogP contribution in [0.5, 0.6) is 5.75 Å². The number of allylic oxidation sites excluding steroid dienone is 1. The number of anilines is 1. The van der Waals surface area contributed by atoms with Gasteiger partial charge in [-0.1, -0.05) is 50.6 Å². The maximum Gasteiger partial charge on any atom is 0.264 e. The number of carbonyl (C=O) groups is 1. The first-order chi connectivity index (χ1) is 20.0. The van der Waals surface area contributed by atoms with Gasteiger partial charge in [-0.15, -0.1) is 0 Å². The van der Waals surface area contributed by atoms with E-state index >= 15 is 0 Å². The number of aryl methyl sites for hydroxylation is 1. The van der Waals surface area contributed by atoms with E-state index in [4.69, 9.17) is 16.3 Å². The fourth-order valence-corrected chi connectivity index (χ4v) is 8.88. The minimum atomic E-state index is -3.97. The van der Waals surface area contributed by atoms with Gasteiger partial charge in [-0.25, -0.2) is 13.1 Å². The number of fused-ring (bicyclic) bond motifs is 2. The van der Waals surface area contributed by atoms with E-state index in [1.54, 1.807) is 18.2 Å². The van der Waals surface area contributed by atoms with Crippen LogP contribution in [0.15, 0.2) is 48.6 Å². The molecule has 2 bridgehead atoms. The first-order valence-corrected chi connectivity index (χ1v) is 17.1. The summed E-state index contributed by atoms with van der Waals surface area (Å²) in [5.41, 5.74) is 3.27. The summed E-state index contributed by atoms with van der Waals surface area (Å²) in [6.07, 6.45) is 9.07. The summed E-state index contributed by atoms with van der Waals surface area (Å²) in [4.78, 5) is 15.8. The summed E-state index contributed by atoms with van der Waals surface area (Å²) in [7, 11) is -3.97. The van der Waals surface area contributed by atoms with Gasteiger partial charge in [0.25, 0.3) is 5.91 Å². The van der Waals surface area contributed by atoms with Crippen LogP contribution in [-0.4, -0.2) is 43.9 Å². The Morgan fingerprint density at radius 3 is 2.64 bits per heavy atom. The van der Waals surface area contributed by atoms with Crippen LogP contribution in [0.3, 0.4) is 0 Å². The molecular weight excluding hydrogens is 572 g/mol. The Hall–Kier alpha value is -2.55. The zero-order chi connectivity index (χ0) is 30.1. The van der Waals surface area contributed by atoms with Crippen LogP contribution < -0.4 is 14.4 Å². The van der Waals surface area contributed by atoms with E-state index in [1.165, 1.54) is 5.56 Å². The first kappa shape index (κ1) is 30.9. The summed E-state index contributed by atoms with van der Waals surface area (Å²) in [5, 5.41) is 10.9. The molecule has 1 fully saturated rings. The van der Waals surface area contributed by atoms with Crippen LogP contribution in [0.25, 0.3) is 0 Å². The van der Waals surface area contributed by atoms with Crippen LogP contribution in [0, 0.1) is 17.3 Å². The summed E-state index contributed by atoms with van der Waals surface area (Å²) < 4.78 is 35.8. The lowest BCUT2D eigenvalue weighted by molar-refractivity contribution is 0.0980. The molecule has 0 aromatic heterocycles. The van der Waals surface area contributed by atoms with Crippen molar-refractivity contribution in [3.8, 4) is 5.75 Å². The van der Waals surface area contributed by atoms with Gasteiger partial charge in [0.2, 0.25) is 10.0 Å². The summed E-state index contributed by atoms with van der Waals surface area (Å²) in [6, 6.07) is 11.1. The van der Waals surface area contributed by atoms with Gasteiger partial charge in [0.05, 0.1) is 17.0 Å². The number of aliphatic hydroxyl groups is 1. The minimum Gasteiger partial charge on any atom is -0.487 e. The third-order valence-corrected chi connectivity index (χ3v) is 11.5. The number of ether oxygens (including phenoxy) is 1. The van der Waals surface area contributed by atoms with Gasteiger partial charge in [-0.2, -0.15) is 0 Å². The van der Waals surface area contributed by atoms with Crippen LogP contribution in [-0.2, 0) is 23.1 Å². The minimum absolute atomic E-state index is 0.0253. The van der Waals surface area contributed by atoms with Crippen molar-refractivity contribution < 1.29 is 23.1 Å². The molecule has 1 aliphatic carbocycles. The lowest BCUT2D eigenvalue weighted by Gasteiger charge is -2.32. The molecule has 7 nitrogen and oxygen atoms in total. The highest BCUT2D eigenvalue weighted by Crippen LogP contribution is 2.51. The molecule has 3 atom stereocenters. The smallest absolute Gasteiger partial charge is 0.264 e. The average molecular weight is 615 g/mol. The Morgan fingerprint density at radius 1 is 1.12 bits per heavy atom. The second-order valence-electron chi connectivity index (χ2n) is 12.9. The number of nitrogens with one attached hydrogen (secondary N) is 1. The molecule has 228 valence electrons. The second kappa shape index (κ2) is 12.6. The number of halogens is 1. The van der Waals surface area contributed by atoms with Crippen molar-refractivity contribution in [2.45, 2.75) is 83.7 Å². The largest absolute Gasteiger partial charge is 0.487 e. The Bertz CT molecular complexity index is 1440. The van der Waals surface area contributed by atoms with Crippen molar-refractivity contribution in [2.24, 2.45) is 17.3 Å². The van der Waals surface area contributed by atoms with E-state index in [2.05, 4.69) is 9.62 Å². The van der Waals surface area contributed by atoms with Gasteiger partial charge in [0, 0.05) is 23.7 Å². The number of benzene rings is 2. The van der Waals surface area contributed by atoms with Crippen molar-refractivity contribution in [1.29, 1.82) is 0 Å². The van der Waals surface area contributed by atoms with Crippen molar-refractivity contribution in [2.75, 3.05) is 18.0 Å². The highest BCUT2D eigenvalue weighted by molar-refractivity contribution is 7.90. The Kier molecular flexibility index (Phi) is 9.26. The number of carbonyl (C=O) groups excluding carboxylic acids is 1. The Labute approximate surface area is 255 Å². The third-order valence-electron chi connectivity index (χ3n) is 9.04. The normalized spacial score (nSPS) is 26.9. The predicted molar refractivity (Wildman–Crippen MR) is 168 cm³/mol. The number of amides is 1. The van der Waals surface area contributed by atoms with E-state index < -0.39 is 27.3 Å². The molecule has 2 aromatic carbocycles. The molecule has 2 heterocycles. The van der Waals surface area contributed by atoms with Crippen LogP contribution in [0.2, 0.25) is 5.02 Å². The molecule has 0 unspecified atom stereocenters. The molecule has 5 rings (SSSR count). The molecule has 9 heteroatoms. The number of rotatable bonds is 1. The van der Waals surface area contributed by atoms with Crippen molar-refractivity contribution >= 4 is 33.2 Å². The van der Waals surface area contributed by atoms with Crippen molar-refractivity contribution in [3.63, 3.8) is 0 Å². The van der Waals surface area contributed by atoms with Crippen LogP contribution >= 0.6 is 11.6 Å². The van der Waals surface area contributed by atoms with E-state index in [1.807, 2.05) is 51.1 Å². The molecule has 0 saturated heterocycles. The van der Waals surface area contributed by atoms with Gasteiger partial charge >= 0.3 is 0 Å². The average Bonchev–Trinajstić information content (AvgIpc) is 3.67. The fourth-order valence-electron chi connectivity index (χ4n) is 6.74. The molecule has 2 N–H and O–H groups in total. The summed E-state index contributed by atoms with van der Waals surface area (Å²) in [5.74, 6) is -0.436. The Morgan fingerprint density at radius 2 is 1.90 bits per heavy atom. The third kappa shape index (κ3) is 7.14. The number of sulfonamides is 1. The van der Waals surface area contributed by atoms with E-state index in [-0.39, 0.29) is 22.8 Å². The van der Waals surface area contributed by atoms with Gasteiger partial charge < -0.3 is 14.7 Å². The van der Waals surface area contributed by atoms with E-state index in [0.717, 1.165) is 56.4 Å². The van der Waals surface area contributed by atoms with Crippen molar-refractivity contribution in [1.82, 2.24) is 4.72 Å². The maximum absolute atomic E-state index is 13.5. The maximum atomic E-state index is 13.5. The highest BCUT2D eigenvalue weighted by Gasteiger charge is 2.45. The predicted octanol–water partition coefficient (Wildman–Crippen LogP) is 6.27. The molecule has 2 aromatic rings. The van der Waals surface area contributed by atoms with Gasteiger partial charge in [-0.05, 0) is 104 Å². The Balaban J connectivity index is 1.56. The molecule has 0 radical (unpaired) electrons. The number of nitrogens with zero attached hydrogens (tertiary/aromatic N) is 1. The monoisotopic (exact) mass is 614 g/mol. The van der Waals surface area contributed by atoms with Gasteiger partial charge in [-0.3, -0.25) is 4.79 Å². The van der Waals surface area contributed by atoms with Crippen molar-refractivity contribution in [3.05, 3.63) is 70.3 Å². The molecular formula is C33H43ClN2O5S. The molecule has 1 amide bonds. The van der Waals surface area contributed by atoms with Crippen LogP contribution in [0.4, 0.5) is 5.69 Å². The molecule has 42 heavy (non-hydrogen) atoms. The molecule has 1 spiro atoms. The zero-order valence-corrected chi connectivity index (χ0v) is 26.4. The molecule has 2 aliphatic heterocycles. The lowest BCUT2D eigenvalue weighted by Crippen LogP contribution is -2.44. The second-order valence-corrected chi connectivity index (χ2v) is 15.1. The number of aliphatic hydroxyl groups excluding tert-OH is 1. The fraction of sp³-hybridized carbons (Fsp3) is 0.545. The summed E-state index contributed by atoms with van der Waals surface area (Å²) in [6.45, 7) is 7.44. The van der Waals surface area contributed by atoms with E-state index in [9.17, 15) is 18.3 Å².